The fourth-order valence-electron chi connectivity index (χ4n) is 2.38. The van der Waals surface area contributed by atoms with Crippen LogP contribution in [0.5, 0.6) is 0 Å². The molecule has 1 aliphatic heterocycles. The van der Waals surface area contributed by atoms with Crippen LogP contribution in [0, 0.1) is 0 Å². The van der Waals surface area contributed by atoms with Crippen LogP contribution in [0.1, 0.15) is 6.42 Å². The molecule has 21 heavy (non-hydrogen) atoms. The minimum atomic E-state index is -3.86. The molecule has 0 amide bonds. The number of nitrogens with two attached hydrogens (primary N) is 1. The lowest BCUT2D eigenvalue weighted by Crippen LogP contribution is -2.42. The third kappa shape index (κ3) is 3.54. The van der Waals surface area contributed by atoms with Gasteiger partial charge in [-0.1, -0.05) is 0 Å². The normalized spacial score (nSPS) is 21.7. The third-order valence-electron chi connectivity index (χ3n) is 3.42. The number of aliphatic hydroxyl groups excluding tert-OH is 1. The number of nitrogen functional groups attached to an aromatic ring is 1. The van der Waals surface area contributed by atoms with Crippen molar-refractivity contribution >= 4 is 25.5 Å². The molecule has 0 radical (unpaired) electrons. The van der Waals surface area contributed by atoms with Crippen LogP contribution >= 0.6 is 0 Å². The fraction of sp³-hybridized carbons (Fsp3) is 0.500. The average Bonchev–Trinajstić information content (AvgIpc) is 2.76. The zero-order chi connectivity index (χ0) is 15.7. The predicted octanol–water partition coefficient (Wildman–Crippen LogP) is -0.561. The molecule has 118 valence electrons. The third-order valence-corrected chi connectivity index (χ3v) is 7.14. The quantitative estimate of drug-likeness (QED) is 0.697. The van der Waals surface area contributed by atoms with E-state index >= 15 is 0 Å². The van der Waals surface area contributed by atoms with Crippen LogP contribution in [0.15, 0.2) is 29.2 Å². The second-order valence-electron chi connectivity index (χ2n) is 4.97. The molecule has 1 heterocycles. The Bertz CT molecular complexity index is 698. The summed E-state index contributed by atoms with van der Waals surface area (Å²) in [6.07, 6.45) is 0.247. The Morgan fingerprint density at radius 3 is 2.38 bits per heavy atom. The summed E-state index contributed by atoms with van der Waals surface area (Å²) in [5.74, 6) is -0.238. The van der Waals surface area contributed by atoms with Crippen LogP contribution in [0.4, 0.5) is 5.69 Å². The molecule has 0 aromatic heterocycles. The van der Waals surface area contributed by atoms with Gasteiger partial charge in [-0.3, -0.25) is 0 Å². The number of nitrogens with zero attached hydrogens (tertiary/aromatic N) is 1. The Hall–Kier alpha value is -1.16. The standard InChI is InChI=1S/C12H18N2O5S2/c13-10-1-3-12(4-2-10)21(18,19)14(6-7-15)11-5-8-20(16,17)9-11/h1-4,11,15H,5-9,13H2. The lowest BCUT2D eigenvalue weighted by Gasteiger charge is -2.26. The van der Waals surface area contributed by atoms with Gasteiger partial charge in [0.15, 0.2) is 9.84 Å². The maximum atomic E-state index is 12.6. The monoisotopic (exact) mass is 334 g/mol. The molecule has 1 unspecified atom stereocenters. The number of hydrogen-bond donors (Lipinski definition) is 2. The van der Waals surface area contributed by atoms with E-state index in [4.69, 9.17) is 10.8 Å². The van der Waals surface area contributed by atoms with Gasteiger partial charge in [-0.25, -0.2) is 16.8 Å². The first-order valence-corrected chi connectivity index (χ1v) is 9.71. The van der Waals surface area contributed by atoms with Crippen LogP contribution in [-0.2, 0) is 19.9 Å². The maximum Gasteiger partial charge on any atom is 0.243 e. The summed E-state index contributed by atoms with van der Waals surface area (Å²) in [7, 11) is -7.08. The molecule has 1 aromatic carbocycles. The number of benzene rings is 1. The van der Waals surface area contributed by atoms with Crippen molar-refractivity contribution in [2.45, 2.75) is 17.4 Å². The summed E-state index contributed by atoms with van der Waals surface area (Å²) < 4.78 is 49.4. The van der Waals surface area contributed by atoms with E-state index in [0.29, 0.717) is 5.69 Å². The van der Waals surface area contributed by atoms with E-state index in [1.54, 1.807) is 0 Å². The molecule has 7 nitrogen and oxygen atoms in total. The van der Waals surface area contributed by atoms with Gasteiger partial charge in [-0.05, 0) is 30.7 Å². The summed E-state index contributed by atoms with van der Waals surface area (Å²) in [5.41, 5.74) is 5.97. The molecule has 3 N–H and O–H groups in total. The predicted molar refractivity (Wildman–Crippen MR) is 78.9 cm³/mol. The minimum Gasteiger partial charge on any atom is -0.399 e. The van der Waals surface area contributed by atoms with Crippen molar-refractivity contribution in [2.24, 2.45) is 0 Å². The number of sulfonamides is 1. The largest absolute Gasteiger partial charge is 0.399 e. The molecule has 0 bridgehead atoms. The molecule has 0 aliphatic carbocycles. The molecule has 1 aliphatic rings. The molecular formula is C12H18N2O5S2. The lowest BCUT2D eigenvalue weighted by atomic mass is 10.3. The Balaban J connectivity index is 2.35. The Morgan fingerprint density at radius 2 is 1.90 bits per heavy atom. The summed E-state index contributed by atoms with van der Waals surface area (Å²) in [4.78, 5) is 0.0365. The van der Waals surface area contributed by atoms with Gasteiger partial charge < -0.3 is 10.8 Å². The molecule has 1 fully saturated rings. The zero-order valence-corrected chi connectivity index (χ0v) is 13.0. The molecule has 1 aromatic rings. The van der Waals surface area contributed by atoms with E-state index in [2.05, 4.69) is 0 Å². The van der Waals surface area contributed by atoms with Gasteiger partial charge in [0, 0.05) is 18.3 Å². The van der Waals surface area contributed by atoms with Gasteiger partial charge in [0.25, 0.3) is 0 Å². The number of aliphatic hydroxyl groups is 1. The van der Waals surface area contributed by atoms with Crippen molar-refractivity contribution in [1.29, 1.82) is 0 Å². The number of rotatable bonds is 5. The van der Waals surface area contributed by atoms with E-state index in [9.17, 15) is 16.8 Å². The Kier molecular flexibility index (Phi) is 4.57. The highest BCUT2D eigenvalue weighted by molar-refractivity contribution is 7.92. The smallest absolute Gasteiger partial charge is 0.243 e. The van der Waals surface area contributed by atoms with E-state index in [0.717, 1.165) is 4.31 Å². The summed E-state index contributed by atoms with van der Waals surface area (Å²) in [6, 6.07) is 5.05. The zero-order valence-electron chi connectivity index (χ0n) is 11.3. The van der Waals surface area contributed by atoms with Crippen molar-refractivity contribution < 1.29 is 21.9 Å². The van der Waals surface area contributed by atoms with Gasteiger partial charge in [-0.2, -0.15) is 4.31 Å². The van der Waals surface area contributed by atoms with Gasteiger partial charge in [0.05, 0.1) is 23.0 Å². The van der Waals surface area contributed by atoms with Gasteiger partial charge in [0.1, 0.15) is 0 Å². The molecule has 1 saturated heterocycles. The lowest BCUT2D eigenvalue weighted by molar-refractivity contribution is 0.232. The van der Waals surface area contributed by atoms with E-state index in [1.807, 2.05) is 0 Å². The van der Waals surface area contributed by atoms with Crippen molar-refractivity contribution in [3.8, 4) is 0 Å². The fourth-order valence-corrected chi connectivity index (χ4v) is 5.85. The Morgan fingerprint density at radius 1 is 1.29 bits per heavy atom. The van der Waals surface area contributed by atoms with Gasteiger partial charge >= 0.3 is 0 Å². The first-order valence-electron chi connectivity index (χ1n) is 6.45. The Labute approximate surface area is 124 Å². The first kappa shape index (κ1) is 16.2. The van der Waals surface area contributed by atoms with E-state index in [-0.39, 0.29) is 36.0 Å². The molecule has 0 spiro atoms. The van der Waals surface area contributed by atoms with Crippen LogP contribution < -0.4 is 5.73 Å². The minimum absolute atomic E-state index is 0.0309. The maximum absolute atomic E-state index is 12.6. The highest BCUT2D eigenvalue weighted by Crippen LogP contribution is 2.25. The van der Waals surface area contributed by atoms with Crippen LogP contribution in [-0.4, -0.2) is 56.9 Å². The highest BCUT2D eigenvalue weighted by Gasteiger charge is 2.38. The number of anilines is 1. The number of hydrogen-bond acceptors (Lipinski definition) is 6. The molecular weight excluding hydrogens is 316 g/mol. The molecule has 1 atom stereocenters. The van der Waals surface area contributed by atoms with Crippen LogP contribution in [0.2, 0.25) is 0 Å². The van der Waals surface area contributed by atoms with Gasteiger partial charge in [-0.15, -0.1) is 0 Å². The highest BCUT2D eigenvalue weighted by atomic mass is 32.2. The second-order valence-corrected chi connectivity index (χ2v) is 9.08. The van der Waals surface area contributed by atoms with Gasteiger partial charge in [0.2, 0.25) is 10.0 Å². The van der Waals surface area contributed by atoms with Crippen molar-refractivity contribution in [3.05, 3.63) is 24.3 Å². The summed E-state index contributed by atoms with van der Waals surface area (Å²) in [6.45, 7) is -0.502. The summed E-state index contributed by atoms with van der Waals surface area (Å²) >= 11 is 0. The number of sulfone groups is 1. The van der Waals surface area contributed by atoms with Crippen LogP contribution in [0.3, 0.4) is 0 Å². The topological polar surface area (TPSA) is 118 Å². The molecule has 0 saturated carbocycles. The van der Waals surface area contributed by atoms with Crippen LogP contribution in [0.25, 0.3) is 0 Å². The van der Waals surface area contributed by atoms with Crippen molar-refractivity contribution in [2.75, 3.05) is 30.4 Å². The van der Waals surface area contributed by atoms with E-state index in [1.165, 1.54) is 24.3 Å². The molecule has 9 heteroatoms. The van der Waals surface area contributed by atoms with Crippen molar-refractivity contribution in [3.63, 3.8) is 0 Å². The average molecular weight is 334 g/mol. The summed E-state index contributed by atoms with van der Waals surface area (Å²) in [5, 5.41) is 9.11. The molecule has 2 rings (SSSR count). The van der Waals surface area contributed by atoms with E-state index < -0.39 is 25.9 Å². The second kappa shape index (κ2) is 5.91. The first-order chi connectivity index (χ1) is 9.76. The SMILES string of the molecule is Nc1ccc(S(=O)(=O)N(CCO)C2CCS(=O)(=O)C2)cc1. The van der Waals surface area contributed by atoms with Crippen molar-refractivity contribution in [1.82, 2.24) is 4.31 Å².